The van der Waals surface area contributed by atoms with Gasteiger partial charge in [0.15, 0.2) is 17.8 Å². The van der Waals surface area contributed by atoms with Crippen molar-refractivity contribution in [2.24, 2.45) is 0 Å². The molecular formula is C26H22O11. The number of hydrogen-bond acceptors (Lipinski definition) is 10. The molecular weight excluding hydrogens is 488 g/mol. The lowest BCUT2D eigenvalue weighted by atomic mass is 9.80. The van der Waals surface area contributed by atoms with Crippen LogP contribution in [0.5, 0.6) is 11.5 Å². The van der Waals surface area contributed by atoms with Crippen molar-refractivity contribution >= 4 is 11.9 Å². The Morgan fingerprint density at radius 3 is 2.14 bits per heavy atom. The molecule has 1 saturated heterocycles. The first kappa shape index (κ1) is 24.7. The number of aliphatic hydroxyl groups is 2. The van der Waals surface area contributed by atoms with Gasteiger partial charge in [0.1, 0.15) is 23.7 Å². The molecule has 0 amide bonds. The number of aliphatic carboxylic acids is 1. The highest BCUT2D eigenvalue weighted by Gasteiger charge is 2.51. The number of fused-ring (bicyclic) bond motifs is 1. The molecule has 0 aromatic heterocycles. The van der Waals surface area contributed by atoms with Gasteiger partial charge in [0, 0.05) is 16.7 Å². The van der Waals surface area contributed by atoms with Gasteiger partial charge in [-0.15, -0.1) is 0 Å². The predicted octanol–water partition coefficient (Wildman–Crippen LogP) is 1.62. The van der Waals surface area contributed by atoms with E-state index < -0.39 is 48.2 Å². The number of esters is 1. The van der Waals surface area contributed by atoms with Gasteiger partial charge < -0.3 is 34.6 Å². The molecule has 5 N–H and O–H groups in total. The normalized spacial score (nSPS) is 28.8. The number of ether oxygens (including phenoxy) is 3. The zero-order chi connectivity index (χ0) is 26.3. The Balaban J connectivity index is 1.49. The minimum Gasteiger partial charge on any atom is -0.508 e. The Hall–Kier alpha value is -4.00. The van der Waals surface area contributed by atoms with Crippen LogP contribution in [0.4, 0.5) is 0 Å². The van der Waals surface area contributed by atoms with E-state index in [0.717, 1.165) is 0 Å². The number of phenolic OH excluding ortho intramolecular Hbond substituents is 1. The van der Waals surface area contributed by atoms with Crippen LogP contribution in [0.2, 0.25) is 0 Å². The summed E-state index contributed by atoms with van der Waals surface area (Å²) in [7, 11) is 0. The van der Waals surface area contributed by atoms with Gasteiger partial charge >= 0.3 is 11.9 Å². The predicted molar refractivity (Wildman–Crippen MR) is 123 cm³/mol. The second-order valence-corrected chi connectivity index (χ2v) is 8.62. The van der Waals surface area contributed by atoms with E-state index in [9.17, 15) is 30.0 Å². The van der Waals surface area contributed by atoms with Crippen LogP contribution in [0.15, 0.2) is 72.8 Å². The smallest absolute Gasteiger partial charge is 0.340 e. The lowest BCUT2D eigenvalue weighted by Crippen LogP contribution is -2.61. The molecule has 11 heteroatoms. The molecule has 0 bridgehead atoms. The first-order valence-electron chi connectivity index (χ1n) is 11.2. The van der Waals surface area contributed by atoms with Crippen molar-refractivity contribution in [2.45, 2.75) is 36.3 Å². The Morgan fingerprint density at radius 1 is 0.892 bits per heavy atom. The fraction of sp³-hybridized carbons (Fsp3) is 0.231. The van der Waals surface area contributed by atoms with Crippen LogP contribution >= 0.6 is 0 Å². The largest absolute Gasteiger partial charge is 0.508 e. The number of phenols is 1. The summed E-state index contributed by atoms with van der Waals surface area (Å²) < 4.78 is 16.8. The number of hydrogen-bond donors (Lipinski definition) is 5. The van der Waals surface area contributed by atoms with Crippen molar-refractivity contribution in [1.29, 1.82) is 0 Å². The van der Waals surface area contributed by atoms with E-state index in [4.69, 9.17) is 19.5 Å². The number of rotatable bonds is 6. The molecule has 37 heavy (non-hydrogen) atoms. The standard InChI is InChI=1S/C26H22O11/c27-15-9-5-13(6-10-15)26(18-4-2-1-3-17(18)24(32)36-26)14-7-11-16(12-8-14)34-25-20(29)21(37-33)19(28)22(35-25)23(30)31/h1-12,19-22,25,27-29,33H,(H,30,31)/t19-,20+,21-,22-,25+,26?/m0/s1. The van der Waals surface area contributed by atoms with E-state index in [0.29, 0.717) is 22.3 Å². The van der Waals surface area contributed by atoms with Crippen molar-refractivity contribution in [3.63, 3.8) is 0 Å². The lowest BCUT2D eigenvalue weighted by molar-refractivity contribution is -0.363. The number of carbonyl (C=O) groups excluding carboxylic acids is 1. The molecule has 2 aliphatic rings. The summed E-state index contributed by atoms with van der Waals surface area (Å²) in [6, 6.07) is 19.4. The molecule has 1 fully saturated rings. The zero-order valence-corrected chi connectivity index (χ0v) is 19.0. The summed E-state index contributed by atoms with van der Waals surface area (Å²) >= 11 is 0. The highest BCUT2D eigenvalue weighted by atomic mass is 17.1. The average molecular weight is 510 g/mol. The molecule has 2 aliphatic heterocycles. The molecule has 0 spiro atoms. The maximum atomic E-state index is 12.8. The minimum atomic E-state index is -1.85. The number of aromatic hydroxyl groups is 1. The third-order valence-corrected chi connectivity index (χ3v) is 6.47. The van der Waals surface area contributed by atoms with Crippen LogP contribution in [0.3, 0.4) is 0 Å². The molecule has 0 aliphatic carbocycles. The molecule has 3 aromatic rings. The first-order chi connectivity index (χ1) is 17.8. The molecule has 6 atom stereocenters. The van der Waals surface area contributed by atoms with Crippen LogP contribution < -0.4 is 4.74 Å². The average Bonchev–Trinajstić information content (AvgIpc) is 3.20. The third kappa shape index (κ3) is 4.08. The second kappa shape index (κ2) is 9.47. The summed E-state index contributed by atoms with van der Waals surface area (Å²) in [5.41, 5.74) is 0.804. The molecule has 0 saturated carbocycles. The van der Waals surface area contributed by atoms with Gasteiger partial charge in [0.2, 0.25) is 6.29 Å². The molecule has 2 heterocycles. The monoisotopic (exact) mass is 510 g/mol. The van der Waals surface area contributed by atoms with Gasteiger partial charge in [-0.3, -0.25) is 5.26 Å². The maximum Gasteiger partial charge on any atom is 0.340 e. The number of cyclic esters (lactones) is 1. The highest BCUT2D eigenvalue weighted by molar-refractivity contribution is 5.96. The Kier molecular flexibility index (Phi) is 6.31. The van der Waals surface area contributed by atoms with Crippen molar-refractivity contribution in [1.82, 2.24) is 0 Å². The Labute approximate surface area is 209 Å². The topological polar surface area (TPSA) is 172 Å². The molecule has 3 aromatic carbocycles. The summed E-state index contributed by atoms with van der Waals surface area (Å²) in [5, 5.41) is 48.5. The number of carboxylic acids is 1. The van der Waals surface area contributed by atoms with E-state index in [2.05, 4.69) is 4.89 Å². The van der Waals surface area contributed by atoms with E-state index in [-0.39, 0.29) is 11.5 Å². The SMILES string of the molecule is O=C1OC(c2ccc(O)cc2)(c2ccc(O[C@@H]3O[C@H](C(=O)O)[C@@H](O)[C@H](OO)[C@H]3O)cc2)c2ccccc21. The van der Waals surface area contributed by atoms with Gasteiger partial charge in [-0.25, -0.2) is 14.5 Å². The molecule has 11 nitrogen and oxygen atoms in total. The quantitative estimate of drug-likeness (QED) is 0.185. The lowest BCUT2D eigenvalue weighted by Gasteiger charge is -2.39. The van der Waals surface area contributed by atoms with Crippen molar-refractivity contribution in [3.05, 3.63) is 95.1 Å². The highest BCUT2D eigenvalue weighted by Crippen LogP contribution is 2.47. The van der Waals surface area contributed by atoms with E-state index in [1.807, 2.05) is 0 Å². The van der Waals surface area contributed by atoms with Crippen molar-refractivity contribution in [3.8, 4) is 11.5 Å². The summed E-state index contributed by atoms with van der Waals surface area (Å²) in [6.45, 7) is 0. The van der Waals surface area contributed by atoms with E-state index >= 15 is 0 Å². The van der Waals surface area contributed by atoms with Crippen LogP contribution in [0.1, 0.15) is 27.0 Å². The molecule has 1 unspecified atom stereocenters. The Morgan fingerprint density at radius 2 is 1.51 bits per heavy atom. The second-order valence-electron chi connectivity index (χ2n) is 8.62. The number of benzene rings is 3. The van der Waals surface area contributed by atoms with E-state index in [1.165, 1.54) is 24.3 Å². The number of carboxylic acid groups (broad SMARTS) is 1. The van der Waals surface area contributed by atoms with Crippen LogP contribution in [-0.4, -0.2) is 68.3 Å². The van der Waals surface area contributed by atoms with Gasteiger partial charge in [-0.1, -0.05) is 42.5 Å². The summed E-state index contributed by atoms with van der Waals surface area (Å²) in [4.78, 5) is 28.3. The van der Waals surface area contributed by atoms with Crippen molar-refractivity contribution < 1.29 is 54.4 Å². The fourth-order valence-electron chi connectivity index (χ4n) is 4.67. The minimum absolute atomic E-state index is 0.0428. The first-order valence-corrected chi connectivity index (χ1v) is 11.2. The zero-order valence-electron chi connectivity index (χ0n) is 19.0. The van der Waals surface area contributed by atoms with Crippen molar-refractivity contribution in [2.75, 3.05) is 0 Å². The summed E-state index contributed by atoms with van der Waals surface area (Å²) in [5.74, 6) is -1.87. The van der Waals surface area contributed by atoms with Crippen LogP contribution in [0.25, 0.3) is 0 Å². The fourth-order valence-corrected chi connectivity index (χ4v) is 4.67. The maximum absolute atomic E-state index is 12.8. The molecule has 0 radical (unpaired) electrons. The van der Waals surface area contributed by atoms with Crippen LogP contribution in [-0.2, 0) is 24.8 Å². The van der Waals surface area contributed by atoms with Gasteiger partial charge in [0.25, 0.3) is 0 Å². The summed E-state index contributed by atoms with van der Waals surface area (Å²) in [6.07, 6.45) is -8.67. The van der Waals surface area contributed by atoms with Gasteiger partial charge in [-0.2, -0.15) is 0 Å². The Bertz CT molecular complexity index is 1310. The number of aliphatic hydroxyl groups excluding tert-OH is 2. The molecule has 192 valence electrons. The van der Waals surface area contributed by atoms with Gasteiger partial charge in [0.05, 0.1) is 5.56 Å². The van der Waals surface area contributed by atoms with Crippen LogP contribution in [0, 0.1) is 0 Å². The van der Waals surface area contributed by atoms with Gasteiger partial charge in [-0.05, 0) is 30.3 Å². The van der Waals surface area contributed by atoms with E-state index in [1.54, 1.807) is 48.5 Å². The number of carbonyl (C=O) groups is 2. The molecule has 5 rings (SSSR count). The third-order valence-electron chi connectivity index (χ3n) is 6.47.